The van der Waals surface area contributed by atoms with Crippen LogP contribution < -0.4 is 14.5 Å². The van der Waals surface area contributed by atoms with E-state index in [4.69, 9.17) is 4.74 Å². The fourth-order valence-electron chi connectivity index (χ4n) is 9.02. The molecule has 4 unspecified atom stereocenters. The summed E-state index contributed by atoms with van der Waals surface area (Å²) in [7, 11) is 0. The number of ether oxygens (including phenoxy) is 1. The molecule has 4 aromatic carbocycles. The van der Waals surface area contributed by atoms with Gasteiger partial charge in [0.2, 0.25) is 0 Å². The van der Waals surface area contributed by atoms with E-state index < -0.39 is 0 Å². The van der Waals surface area contributed by atoms with Gasteiger partial charge in [0, 0.05) is 5.41 Å². The predicted molar refractivity (Wildman–Crippen MR) is 147 cm³/mol. The van der Waals surface area contributed by atoms with Crippen LogP contribution in [-0.4, -0.2) is 5.54 Å². The fourth-order valence-corrected chi connectivity index (χ4v) is 9.02. The van der Waals surface area contributed by atoms with Gasteiger partial charge in [-0.05, 0) is 84.7 Å². The maximum Gasteiger partial charge on any atom is 0.153 e. The van der Waals surface area contributed by atoms with Gasteiger partial charge in [-0.3, -0.25) is 4.90 Å². The zero-order chi connectivity index (χ0) is 23.8. The van der Waals surface area contributed by atoms with Gasteiger partial charge in [-0.1, -0.05) is 62.2 Å². The molecule has 3 heteroatoms. The highest BCUT2D eigenvalue weighted by Gasteiger charge is 2.66. The molecule has 0 radical (unpaired) electrons. The molecule has 2 fully saturated rings. The van der Waals surface area contributed by atoms with E-state index in [1.807, 2.05) is 0 Å². The van der Waals surface area contributed by atoms with Crippen LogP contribution >= 0.6 is 0 Å². The molecule has 0 spiro atoms. The van der Waals surface area contributed by atoms with Gasteiger partial charge in [-0.15, -0.1) is 0 Å². The van der Waals surface area contributed by atoms with Crippen molar-refractivity contribution in [2.24, 2.45) is 11.8 Å². The number of anilines is 5. The normalized spacial score (nSPS) is 30.3. The topological polar surface area (TPSA) is 15.7 Å². The lowest BCUT2D eigenvalue weighted by Crippen LogP contribution is -2.61. The summed E-state index contributed by atoms with van der Waals surface area (Å²) in [6.07, 6.45) is 6.75. The van der Waals surface area contributed by atoms with Crippen molar-refractivity contribution in [1.82, 2.24) is 0 Å². The minimum atomic E-state index is 0.0652. The Morgan fingerprint density at radius 2 is 1.56 bits per heavy atom. The Morgan fingerprint density at radius 3 is 2.44 bits per heavy atom. The number of nitrogens with zero attached hydrogens (tertiary/aromatic N) is 2. The average Bonchev–Trinajstić information content (AvgIpc) is 3.46. The second-order valence-electron chi connectivity index (χ2n) is 12.1. The van der Waals surface area contributed by atoms with Crippen LogP contribution in [0.5, 0.6) is 11.5 Å². The van der Waals surface area contributed by atoms with Crippen molar-refractivity contribution in [2.45, 2.75) is 56.9 Å². The van der Waals surface area contributed by atoms with Crippen molar-refractivity contribution in [3.8, 4) is 11.5 Å². The van der Waals surface area contributed by atoms with Crippen molar-refractivity contribution in [3.05, 3.63) is 78.4 Å². The Morgan fingerprint density at radius 1 is 0.750 bits per heavy atom. The van der Waals surface area contributed by atoms with Crippen molar-refractivity contribution in [3.63, 3.8) is 0 Å². The van der Waals surface area contributed by atoms with Gasteiger partial charge in [0.05, 0.1) is 28.3 Å². The lowest BCUT2D eigenvalue weighted by Gasteiger charge is -2.57. The third-order valence-corrected chi connectivity index (χ3v) is 10.8. The van der Waals surface area contributed by atoms with Gasteiger partial charge in [-0.25, -0.2) is 0 Å². The van der Waals surface area contributed by atoms with Crippen LogP contribution in [-0.2, 0) is 5.41 Å². The lowest BCUT2D eigenvalue weighted by molar-refractivity contribution is 0.0830. The number of fused-ring (bicyclic) bond motifs is 10. The largest absolute Gasteiger partial charge is 0.453 e. The fraction of sp³-hybridized carbons (Fsp3) is 0.333. The summed E-state index contributed by atoms with van der Waals surface area (Å²) in [6.45, 7) is 5.17. The highest BCUT2D eigenvalue weighted by molar-refractivity contribution is 6.07. The monoisotopic (exact) mass is 470 g/mol. The Kier molecular flexibility index (Phi) is 3.43. The molecule has 9 rings (SSSR count). The van der Waals surface area contributed by atoms with Gasteiger partial charge in [0.25, 0.3) is 0 Å². The smallest absolute Gasteiger partial charge is 0.153 e. The Balaban J connectivity index is 1.38. The van der Waals surface area contributed by atoms with E-state index in [0.29, 0.717) is 0 Å². The second kappa shape index (κ2) is 6.26. The van der Waals surface area contributed by atoms with Gasteiger partial charge >= 0.3 is 0 Å². The maximum atomic E-state index is 6.67. The van der Waals surface area contributed by atoms with Gasteiger partial charge in [0.1, 0.15) is 5.69 Å². The molecule has 36 heavy (non-hydrogen) atoms. The summed E-state index contributed by atoms with van der Waals surface area (Å²) in [4.78, 5) is 5.28. The van der Waals surface area contributed by atoms with Crippen molar-refractivity contribution >= 4 is 39.2 Å². The van der Waals surface area contributed by atoms with Gasteiger partial charge in [0.15, 0.2) is 11.5 Å². The third kappa shape index (κ3) is 2.03. The number of para-hydroxylation sites is 2. The van der Waals surface area contributed by atoms with Gasteiger partial charge < -0.3 is 9.64 Å². The average molecular weight is 471 g/mol. The molecule has 2 saturated carbocycles. The van der Waals surface area contributed by atoms with Gasteiger partial charge in [-0.2, -0.15) is 0 Å². The van der Waals surface area contributed by atoms with E-state index in [1.165, 1.54) is 71.2 Å². The van der Waals surface area contributed by atoms with Crippen LogP contribution in [0.25, 0.3) is 10.8 Å². The molecule has 178 valence electrons. The molecular weight excluding hydrogens is 440 g/mol. The molecule has 3 nitrogen and oxygen atoms in total. The number of hydrogen-bond donors (Lipinski definition) is 0. The second-order valence-corrected chi connectivity index (χ2v) is 12.1. The minimum absolute atomic E-state index is 0.0652. The summed E-state index contributed by atoms with van der Waals surface area (Å²) in [5.41, 5.74) is 8.13. The van der Waals surface area contributed by atoms with E-state index >= 15 is 0 Å². The van der Waals surface area contributed by atoms with E-state index in [-0.39, 0.29) is 11.0 Å². The molecule has 3 aliphatic heterocycles. The SMILES string of the molecule is CC12CCC3CCCC3C1(C)N1c3cccc4c3N(c3cc5ccccc5cc3O4)c3cccc2c31. The molecule has 5 aliphatic rings. The van der Waals surface area contributed by atoms with Crippen LogP contribution in [0.15, 0.2) is 72.8 Å². The Labute approximate surface area is 212 Å². The maximum absolute atomic E-state index is 6.67. The summed E-state index contributed by atoms with van der Waals surface area (Å²) in [6, 6.07) is 26.9. The molecule has 2 aliphatic carbocycles. The van der Waals surface area contributed by atoms with E-state index in [9.17, 15) is 0 Å². The summed E-state index contributed by atoms with van der Waals surface area (Å²) >= 11 is 0. The standard InChI is InChI=1S/C33H30N2O/c1-32-17-16-20-10-5-11-23(20)33(32,2)35-26-14-7-15-28-31(26)34(25-13-6-12-24(32)30(25)35)27-18-21-8-3-4-9-22(21)19-29(27)36-28/h3-4,6-9,12-15,18-20,23H,5,10-11,16-17H2,1-2H3. The van der Waals surface area contributed by atoms with Crippen LogP contribution in [0.2, 0.25) is 0 Å². The first kappa shape index (κ1) is 19.7. The van der Waals surface area contributed by atoms with Crippen LogP contribution in [0.4, 0.5) is 28.4 Å². The number of benzene rings is 4. The third-order valence-electron chi connectivity index (χ3n) is 10.8. The quantitative estimate of drug-likeness (QED) is 0.224. The van der Waals surface area contributed by atoms with Crippen LogP contribution in [0.3, 0.4) is 0 Å². The molecule has 3 heterocycles. The molecule has 0 aromatic heterocycles. The van der Waals surface area contributed by atoms with E-state index in [0.717, 1.165) is 29.0 Å². The summed E-state index contributed by atoms with van der Waals surface area (Å²) in [5, 5.41) is 2.46. The summed E-state index contributed by atoms with van der Waals surface area (Å²) < 4.78 is 6.67. The first-order chi connectivity index (χ1) is 17.6. The van der Waals surface area contributed by atoms with Crippen molar-refractivity contribution in [2.75, 3.05) is 9.80 Å². The molecule has 0 amide bonds. The van der Waals surface area contributed by atoms with Crippen LogP contribution in [0, 0.1) is 11.8 Å². The zero-order valence-corrected chi connectivity index (χ0v) is 20.9. The Bertz CT molecular complexity index is 1620. The van der Waals surface area contributed by atoms with Crippen molar-refractivity contribution < 1.29 is 4.74 Å². The molecule has 0 bridgehead atoms. The predicted octanol–water partition coefficient (Wildman–Crippen LogP) is 9.11. The Hall–Kier alpha value is -3.46. The first-order valence-corrected chi connectivity index (χ1v) is 13.7. The van der Waals surface area contributed by atoms with E-state index in [1.54, 1.807) is 0 Å². The first-order valence-electron chi connectivity index (χ1n) is 13.7. The zero-order valence-electron chi connectivity index (χ0n) is 20.9. The van der Waals surface area contributed by atoms with Crippen LogP contribution in [0.1, 0.15) is 51.5 Å². The molecule has 0 saturated heterocycles. The molecule has 0 N–H and O–H groups in total. The number of hydrogen-bond acceptors (Lipinski definition) is 3. The molecular formula is C33H30N2O. The van der Waals surface area contributed by atoms with Crippen molar-refractivity contribution in [1.29, 1.82) is 0 Å². The van der Waals surface area contributed by atoms with E-state index in [2.05, 4.69) is 96.4 Å². The molecule has 4 aromatic rings. The minimum Gasteiger partial charge on any atom is -0.453 e. The number of rotatable bonds is 0. The lowest BCUT2D eigenvalue weighted by atomic mass is 9.54. The highest BCUT2D eigenvalue weighted by atomic mass is 16.5. The highest BCUT2D eigenvalue weighted by Crippen LogP contribution is 2.72. The molecule has 4 atom stereocenters. The summed E-state index contributed by atoms with van der Waals surface area (Å²) in [5.74, 6) is 3.47.